The molecule has 0 N–H and O–H groups in total. The number of nitrogens with zero attached hydrogens (tertiary/aromatic N) is 4. The first-order chi connectivity index (χ1) is 10.6. The van der Waals surface area contributed by atoms with Gasteiger partial charge in [0, 0.05) is 18.5 Å². The highest BCUT2D eigenvalue weighted by Crippen LogP contribution is 2.27. The molecule has 1 fully saturated rings. The molecule has 1 aromatic heterocycles. The van der Waals surface area contributed by atoms with Crippen LogP contribution in [0.3, 0.4) is 0 Å². The fraction of sp³-hybridized carbons (Fsp3) is 0.556. The Morgan fingerprint density at radius 3 is 2.86 bits per heavy atom. The lowest BCUT2D eigenvalue weighted by Crippen LogP contribution is -2.39. The summed E-state index contributed by atoms with van der Waals surface area (Å²) in [6.07, 6.45) is 4.18. The van der Waals surface area contributed by atoms with E-state index in [1.165, 1.54) is 30.5 Å². The van der Waals surface area contributed by atoms with Gasteiger partial charge in [0.1, 0.15) is 12.2 Å². The predicted molar refractivity (Wildman–Crippen MR) is 89.0 cm³/mol. The molecule has 0 aliphatic carbocycles. The Hall–Kier alpha value is -1.68. The van der Waals surface area contributed by atoms with E-state index in [1.54, 1.807) is 6.33 Å². The molecule has 1 aliphatic rings. The van der Waals surface area contributed by atoms with Gasteiger partial charge in [-0.15, -0.1) is 0 Å². The third-order valence-electron chi connectivity index (χ3n) is 4.78. The minimum atomic E-state index is 0.502. The lowest BCUT2D eigenvalue weighted by atomic mass is 9.96. The van der Waals surface area contributed by atoms with Crippen LogP contribution in [-0.2, 0) is 6.54 Å². The van der Waals surface area contributed by atoms with Gasteiger partial charge < -0.3 is 4.90 Å². The molecular formula is C18H26N4. The first-order valence-corrected chi connectivity index (χ1v) is 8.31. The number of hydrogen-bond acceptors (Lipinski definition) is 3. The van der Waals surface area contributed by atoms with E-state index in [0.29, 0.717) is 12.0 Å². The highest BCUT2D eigenvalue weighted by Gasteiger charge is 2.26. The van der Waals surface area contributed by atoms with Crippen LogP contribution in [0, 0.1) is 6.92 Å². The van der Waals surface area contributed by atoms with E-state index in [9.17, 15) is 0 Å². The molecule has 4 heteroatoms. The van der Waals surface area contributed by atoms with Crippen molar-refractivity contribution in [1.29, 1.82) is 0 Å². The molecule has 0 bridgehead atoms. The van der Waals surface area contributed by atoms with Crippen molar-refractivity contribution >= 4 is 0 Å². The van der Waals surface area contributed by atoms with Crippen LogP contribution in [0.2, 0.25) is 0 Å². The molecule has 0 spiro atoms. The summed E-state index contributed by atoms with van der Waals surface area (Å²) >= 11 is 0. The van der Waals surface area contributed by atoms with E-state index in [-0.39, 0.29) is 0 Å². The molecule has 0 amide bonds. The molecule has 1 atom stereocenters. The number of benzene rings is 1. The zero-order valence-corrected chi connectivity index (χ0v) is 13.9. The first kappa shape index (κ1) is 15.2. The Balaban J connectivity index is 1.79. The maximum atomic E-state index is 4.58. The van der Waals surface area contributed by atoms with E-state index < -0.39 is 0 Å². The van der Waals surface area contributed by atoms with Crippen molar-refractivity contribution in [2.75, 3.05) is 13.1 Å². The van der Waals surface area contributed by atoms with Crippen molar-refractivity contribution in [3.8, 4) is 0 Å². The molecule has 1 aliphatic heterocycles. The second-order valence-corrected chi connectivity index (χ2v) is 6.63. The Labute approximate surface area is 133 Å². The quantitative estimate of drug-likeness (QED) is 0.869. The van der Waals surface area contributed by atoms with Gasteiger partial charge in [-0.25, -0.2) is 9.67 Å². The van der Waals surface area contributed by atoms with E-state index in [0.717, 1.165) is 18.9 Å². The van der Waals surface area contributed by atoms with Gasteiger partial charge in [-0.2, -0.15) is 5.10 Å². The average Bonchev–Trinajstić information content (AvgIpc) is 2.98. The SMILES string of the molecule is Cc1ccccc1Cn1ncnc1C1CCCN(C(C)C)C1. The molecule has 2 aromatic rings. The summed E-state index contributed by atoms with van der Waals surface area (Å²) in [4.78, 5) is 7.14. The smallest absolute Gasteiger partial charge is 0.138 e. The second-order valence-electron chi connectivity index (χ2n) is 6.63. The first-order valence-electron chi connectivity index (χ1n) is 8.31. The topological polar surface area (TPSA) is 34.0 Å². The number of likely N-dealkylation sites (tertiary alicyclic amines) is 1. The van der Waals surface area contributed by atoms with Crippen molar-refractivity contribution in [2.45, 2.75) is 52.1 Å². The fourth-order valence-electron chi connectivity index (χ4n) is 3.35. The second kappa shape index (κ2) is 6.61. The van der Waals surface area contributed by atoms with Gasteiger partial charge >= 0.3 is 0 Å². The van der Waals surface area contributed by atoms with Gasteiger partial charge in [-0.3, -0.25) is 0 Å². The lowest BCUT2D eigenvalue weighted by Gasteiger charge is -2.35. The summed E-state index contributed by atoms with van der Waals surface area (Å²) in [7, 11) is 0. The molecule has 1 unspecified atom stereocenters. The zero-order chi connectivity index (χ0) is 15.5. The van der Waals surface area contributed by atoms with Crippen molar-refractivity contribution in [3.05, 3.63) is 47.5 Å². The van der Waals surface area contributed by atoms with Crippen LogP contribution in [0.5, 0.6) is 0 Å². The highest BCUT2D eigenvalue weighted by atomic mass is 15.3. The number of aryl methyl sites for hydroxylation is 1. The highest BCUT2D eigenvalue weighted by molar-refractivity contribution is 5.25. The molecule has 4 nitrogen and oxygen atoms in total. The predicted octanol–water partition coefficient (Wildman–Crippen LogP) is 3.22. The van der Waals surface area contributed by atoms with Gasteiger partial charge in [0.25, 0.3) is 0 Å². The number of piperidine rings is 1. The van der Waals surface area contributed by atoms with Crippen molar-refractivity contribution in [3.63, 3.8) is 0 Å². The molecule has 1 saturated heterocycles. The van der Waals surface area contributed by atoms with Crippen LogP contribution in [-0.4, -0.2) is 38.8 Å². The Kier molecular flexibility index (Phi) is 4.57. The number of aromatic nitrogens is 3. The summed E-state index contributed by atoms with van der Waals surface area (Å²) in [6, 6.07) is 9.13. The van der Waals surface area contributed by atoms with Crippen LogP contribution in [0.1, 0.15) is 49.6 Å². The van der Waals surface area contributed by atoms with Crippen LogP contribution < -0.4 is 0 Å². The zero-order valence-electron chi connectivity index (χ0n) is 13.9. The van der Waals surface area contributed by atoms with Crippen molar-refractivity contribution in [2.24, 2.45) is 0 Å². The van der Waals surface area contributed by atoms with Crippen LogP contribution in [0.4, 0.5) is 0 Å². The molecular weight excluding hydrogens is 272 g/mol. The van der Waals surface area contributed by atoms with Gasteiger partial charge in [0.2, 0.25) is 0 Å². The summed E-state index contributed by atoms with van der Waals surface area (Å²) in [5, 5.41) is 4.48. The largest absolute Gasteiger partial charge is 0.300 e. The van der Waals surface area contributed by atoms with Crippen molar-refractivity contribution in [1.82, 2.24) is 19.7 Å². The van der Waals surface area contributed by atoms with Gasteiger partial charge in [-0.05, 0) is 51.3 Å². The third-order valence-corrected chi connectivity index (χ3v) is 4.78. The van der Waals surface area contributed by atoms with E-state index in [1.807, 2.05) is 0 Å². The van der Waals surface area contributed by atoms with Gasteiger partial charge in [0.15, 0.2) is 0 Å². The molecule has 2 heterocycles. The standard InChI is InChI=1S/C18H26N4/c1-14(2)21-10-6-9-17(11-21)18-19-13-20-22(18)12-16-8-5-4-7-15(16)3/h4-5,7-8,13-14,17H,6,9-12H2,1-3H3. The summed E-state index contributed by atoms with van der Waals surface area (Å²) in [5.74, 6) is 1.65. The van der Waals surface area contributed by atoms with Crippen LogP contribution in [0.25, 0.3) is 0 Å². The van der Waals surface area contributed by atoms with Gasteiger partial charge in [-0.1, -0.05) is 24.3 Å². The molecule has 1 aromatic carbocycles. The third kappa shape index (κ3) is 3.22. The molecule has 22 heavy (non-hydrogen) atoms. The van der Waals surface area contributed by atoms with E-state index in [4.69, 9.17) is 0 Å². The maximum absolute atomic E-state index is 4.58. The van der Waals surface area contributed by atoms with Crippen LogP contribution in [0.15, 0.2) is 30.6 Å². The summed E-state index contributed by atoms with van der Waals surface area (Å²) in [6.45, 7) is 9.85. The average molecular weight is 298 g/mol. The molecule has 3 rings (SSSR count). The minimum Gasteiger partial charge on any atom is -0.300 e. The van der Waals surface area contributed by atoms with E-state index in [2.05, 4.69) is 64.7 Å². The maximum Gasteiger partial charge on any atom is 0.138 e. The monoisotopic (exact) mass is 298 g/mol. The van der Waals surface area contributed by atoms with Gasteiger partial charge in [0.05, 0.1) is 6.54 Å². The number of rotatable bonds is 4. The van der Waals surface area contributed by atoms with E-state index >= 15 is 0 Å². The molecule has 0 radical (unpaired) electrons. The fourth-order valence-corrected chi connectivity index (χ4v) is 3.35. The Bertz CT molecular complexity index is 617. The normalized spacial score (nSPS) is 19.7. The Morgan fingerprint density at radius 2 is 2.09 bits per heavy atom. The molecule has 0 saturated carbocycles. The molecule has 118 valence electrons. The minimum absolute atomic E-state index is 0.502. The Morgan fingerprint density at radius 1 is 1.27 bits per heavy atom. The number of hydrogen-bond donors (Lipinski definition) is 0. The van der Waals surface area contributed by atoms with Crippen molar-refractivity contribution < 1.29 is 0 Å². The summed E-state index contributed by atoms with van der Waals surface area (Å²) in [5.41, 5.74) is 2.64. The summed E-state index contributed by atoms with van der Waals surface area (Å²) < 4.78 is 2.09. The van der Waals surface area contributed by atoms with Crippen LogP contribution >= 0.6 is 0 Å². The lowest BCUT2D eigenvalue weighted by molar-refractivity contribution is 0.163.